The van der Waals surface area contributed by atoms with E-state index in [-0.39, 0.29) is 12.5 Å². The molecule has 2 aromatic carbocycles. The van der Waals surface area contributed by atoms with Gasteiger partial charge in [-0.05, 0) is 36.0 Å². The molecule has 128 valence electrons. The lowest BCUT2D eigenvalue weighted by Crippen LogP contribution is -2.29. The molecule has 1 fully saturated rings. The lowest BCUT2D eigenvalue weighted by atomic mass is 9.98. The second kappa shape index (κ2) is 6.69. The molecular formula is C20H21N3O2. The van der Waals surface area contributed by atoms with E-state index in [1.165, 1.54) is 5.56 Å². The highest BCUT2D eigenvalue weighted by Crippen LogP contribution is 2.24. The minimum atomic E-state index is 0.00979. The molecule has 3 aromatic rings. The van der Waals surface area contributed by atoms with E-state index in [9.17, 15) is 4.79 Å². The molecule has 0 saturated carbocycles. The highest BCUT2D eigenvalue weighted by molar-refractivity contribution is 6.04. The van der Waals surface area contributed by atoms with E-state index in [1.54, 1.807) is 0 Å². The first-order valence-corrected chi connectivity index (χ1v) is 8.65. The number of carbonyl (C=O) groups is 1. The van der Waals surface area contributed by atoms with E-state index in [0.29, 0.717) is 11.6 Å². The third kappa shape index (κ3) is 3.15. The summed E-state index contributed by atoms with van der Waals surface area (Å²) in [6.45, 7) is 1.62. The van der Waals surface area contributed by atoms with Crippen molar-refractivity contribution >= 4 is 16.8 Å². The predicted octanol–water partition coefficient (Wildman–Crippen LogP) is 2.76. The van der Waals surface area contributed by atoms with E-state index >= 15 is 0 Å². The molecule has 0 aliphatic carbocycles. The van der Waals surface area contributed by atoms with Gasteiger partial charge in [-0.15, -0.1) is 0 Å². The number of aliphatic hydroxyl groups is 1. The third-order valence-electron chi connectivity index (χ3n) is 4.98. The van der Waals surface area contributed by atoms with Crippen LogP contribution in [0.4, 0.5) is 0 Å². The molecule has 1 aliphatic heterocycles. The molecule has 0 bridgehead atoms. The summed E-state index contributed by atoms with van der Waals surface area (Å²) < 4.78 is 0. The van der Waals surface area contributed by atoms with Crippen molar-refractivity contribution in [3.05, 3.63) is 65.4 Å². The van der Waals surface area contributed by atoms with Crippen LogP contribution in [0.2, 0.25) is 0 Å². The second-order valence-electron chi connectivity index (χ2n) is 6.70. The molecule has 1 atom stereocenters. The number of carbonyl (C=O) groups excluding carboxylic acids is 1. The number of rotatable bonds is 4. The van der Waals surface area contributed by atoms with Crippen molar-refractivity contribution < 1.29 is 9.90 Å². The molecule has 0 unspecified atom stereocenters. The summed E-state index contributed by atoms with van der Waals surface area (Å²) in [6, 6.07) is 15.8. The van der Waals surface area contributed by atoms with Gasteiger partial charge >= 0.3 is 0 Å². The van der Waals surface area contributed by atoms with Crippen molar-refractivity contribution in [2.75, 3.05) is 13.1 Å². The summed E-state index contributed by atoms with van der Waals surface area (Å²) in [6.07, 6.45) is 1.96. The maximum atomic E-state index is 12.8. The molecule has 5 nitrogen and oxygen atoms in total. The Bertz CT molecular complexity index is 885. The highest BCUT2D eigenvalue weighted by atomic mass is 16.3. The predicted molar refractivity (Wildman–Crippen MR) is 96.2 cm³/mol. The third-order valence-corrected chi connectivity index (χ3v) is 4.98. The second-order valence-corrected chi connectivity index (χ2v) is 6.70. The molecule has 2 heterocycles. The lowest BCUT2D eigenvalue weighted by molar-refractivity contribution is 0.0783. The van der Waals surface area contributed by atoms with Crippen molar-refractivity contribution in [2.45, 2.75) is 19.4 Å². The Morgan fingerprint density at radius 3 is 2.72 bits per heavy atom. The number of amides is 1. The summed E-state index contributed by atoms with van der Waals surface area (Å²) in [7, 11) is 0. The molecule has 1 saturated heterocycles. The number of aliphatic hydroxyl groups excluding tert-OH is 1. The van der Waals surface area contributed by atoms with Crippen LogP contribution in [0.1, 0.15) is 28.0 Å². The molecule has 2 N–H and O–H groups in total. The average molecular weight is 335 g/mol. The van der Waals surface area contributed by atoms with Gasteiger partial charge in [0.05, 0.1) is 12.1 Å². The number of nitrogens with zero attached hydrogens (tertiary/aromatic N) is 2. The van der Waals surface area contributed by atoms with Crippen molar-refractivity contribution in [1.29, 1.82) is 0 Å². The van der Waals surface area contributed by atoms with Crippen LogP contribution >= 0.6 is 0 Å². The minimum Gasteiger partial charge on any atom is -0.392 e. The van der Waals surface area contributed by atoms with Crippen molar-refractivity contribution in [2.24, 2.45) is 5.92 Å². The molecule has 1 amide bonds. The van der Waals surface area contributed by atoms with Crippen LogP contribution in [0.25, 0.3) is 10.9 Å². The summed E-state index contributed by atoms with van der Waals surface area (Å²) in [5.74, 6) is 0.477. The number of fused-ring (bicyclic) bond motifs is 1. The quantitative estimate of drug-likeness (QED) is 0.770. The van der Waals surface area contributed by atoms with Gasteiger partial charge in [0, 0.05) is 18.5 Å². The van der Waals surface area contributed by atoms with Crippen LogP contribution in [0.5, 0.6) is 0 Å². The van der Waals surface area contributed by atoms with Crippen molar-refractivity contribution in [3.63, 3.8) is 0 Å². The first kappa shape index (κ1) is 15.8. The number of aromatic amines is 1. The topological polar surface area (TPSA) is 69.2 Å². The van der Waals surface area contributed by atoms with Gasteiger partial charge in [0.1, 0.15) is 0 Å². The average Bonchev–Trinajstić information content (AvgIpc) is 3.29. The zero-order chi connectivity index (χ0) is 17.2. The Kier molecular flexibility index (Phi) is 4.24. The first-order valence-electron chi connectivity index (χ1n) is 8.65. The Morgan fingerprint density at radius 1 is 1.16 bits per heavy atom. The SMILES string of the molecule is O=C(c1n[nH]c2ccccc12)N1CC[C@H](Cc2ccc(CO)cc2)C1. The highest BCUT2D eigenvalue weighted by Gasteiger charge is 2.29. The number of nitrogens with one attached hydrogen (secondary N) is 1. The summed E-state index contributed by atoms with van der Waals surface area (Å²) in [4.78, 5) is 14.7. The number of hydrogen-bond donors (Lipinski definition) is 2. The summed E-state index contributed by atoms with van der Waals surface area (Å²) >= 11 is 0. The molecule has 1 aromatic heterocycles. The maximum Gasteiger partial charge on any atom is 0.275 e. The number of para-hydroxylation sites is 1. The first-order chi connectivity index (χ1) is 12.2. The van der Waals surface area contributed by atoms with Gasteiger partial charge in [-0.25, -0.2) is 0 Å². The lowest BCUT2D eigenvalue weighted by Gasteiger charge is -2.15. The Hall–Kier alpha value is -2.66. The van der Waals surface area contributed by atoms with Gasteiger partial charge in [-0.3, -0.25) is 9.89 Å². The van der Waals surface area contributed by atoms with Gasteiger partial charge in [0.25, 0.3) is 5.91 Å². The molecule has 25 heavy (non-hydrogen) atoms. The molecule has 5 heteroatoms. The van der Waals surface area contributed by atoms with Crippen LogP contribution in [-0.4, -0.2) is 39.2 Å². The standard InChI is InChI=1S/C20H21N3O2/c24-13-15-7-5-14(6-8-15)11-16-9-10-23(12-16)20(25)19-17-3-1-2-4-18(17)21-22-19/h1-8,16,24H,9-13H2,(H,21,22)/t16-/m1/s1. The zero-order valence-corrected chi connectivity index (χ0v) is 14.0. The number of likely N-dealkylation sites (tertiary alicyclic amines) is 1. The van der Waals surface area contributed by atoms with Crippen molar-refractivity contribution in [1.82, 2.24) is 15.1 Å². The molecule has 0 radical (unpaired) electrons. The normalized spacial score (nSPS) is 17.3. The van der Waals surface area contributed by atoms with E-state index in [1.807, 2.05) is 41.3 Å². The fraction of sp³-hybridized carbons (Fsp3) is 0.300. The molecule has 0 spiro atoms. The van der Waals surface area contributed by atoms with Gasteiger partial charge in [-0.2, -0.15) is 5.10 Å². The van der Waals surface area contributed by atoms with Crippen LogP contribution in [-0.2, 0) is 13.0 Å². The van der Waals surface area contributed by atoms with E-state index in [2.05, 4.69) is 22.3 Å². The summed E-state index contributed by atoms with van der Waals surface area (Å²) in [5, 5.41) is 17.2. The number of H-pyrrole nitrogens is 1. The Labute approximate surface area is 146 Å². The van der Waals surface area contributed by atoms with Gasteiger partial charge in [-0.1, -0.05) is 42.5 Å². The molecular weight excluding hydrogens is 314 g/mol. The minimum absolute atomic E-state index is 0.00979. The fourth-order valence-corrected chi connectivity index (χ4v) is 3.57. The zero-order valence-electron chi connectivity index (χ0n) is 14.0. The Morgan fingerprint density at radius 2 is 1.92 bits per heavy atom. The van der Waals surface area contributed by atoms with Crippen LogP contribution in [0.3, 0.4) is 0 Å². The van der Waals surface area contributed by atoms with Crippen LogP contribution in [0.15, 0.2) is 48.5 Å². The Balaban J connectivity index is 1.43. The van der Waals surface area contributed by atoms with E-state index in [4.69, 9.17) is 5.11 Å². The van der Waals surface area contributed by atoms with Crippen LogP contribution in [0, 0.1) is 5.92 Å². The molecule has 1 aliphatic rings. The molecule has 4 rings (SSSR count). The van der Waals surface area contributed by atoms with E-state index < -0.39 is 0 Å². The number of hydrogen-bond acceptors (Lipinski definition) is 3. The number of aromatic nitrogens is 2. The van der Waals surface area contributed by atoms with Gasteiger partial charge in [0.15, 0.2) is 5.69 Å². The smallest absolute Gasteiger partial charge is 0.275 e. The summed E-state index contributed by atoms with van der Waals surface area (Å²) in [5.41, 5.74) is 3.59. The largest absolute Gasteiger partial charge is 0.392 e. The maximum absolute atomic E-state index is 12.8. The monoisotopic (exact) mass is 335 g/mol. The van der Waals surface area contributed by atoms with Gasteiger partial charge in [0.2, 0.25) is 0 Å². The van der Waals surface area contributed by atoms with Gasteiger partial charge < -0.3 is 10.0 Å². The van der Waals surface area contributed by atoms with E-state index in [0.717, 1.165) is 42.4 Å². The van der Waals surface area contributed by atoms with Crippen LogP contribution < -0.4 is 0 Å². The van der Waals surface area contributed by atoms with Crippen molar-refractivity contribution in [3.8, 4) is 0 Å². The number of benzene rings is 2. The fourth-order valence-electron chi connectivity index (χ4n) is 3.57.